The molecule has 1 aliphatic heterocycles. The fraction of sp³-hybridized carbons (Fsp3) is 0.500. The highest BCUT2D eigenvalue weighted by Crippen LogP contribution is 2.17. The van der Waals surface area contributed by atoms with Gasteiger partial charge in [-0.15, -0.1) is 24.0 Å². The fourth-order valence-corrected chi connectivity index (χ4v) is 3.52. The summed E-state index contributed by atoms with van der Waals surface area (Å²) < 4.78 is 1.88. The minimum Gasteiger partial charge on any atom is -0.356 e. The molecule has 7 heteroatoms. The maximum Gasteiger partial charge on any atom is 0.191 e. The van der Waals surface area contributed by atoms with Crippen molar-refractivity contribution in [2.45, 2.75) is 25.8 Å². The van der Waals surface area contributed by atoms with Crippen LogP contribution in [0.3, 0.4) is 0 Å². The first kappa shape index (κ1) is 21.7. The molecule has 0 bridgehead atoms. The lowest BCUT2D eigenvalue weighted by atomic mass is 9.98. The summed E-state index contributed by atoms with van der Waals surface area (Å²) in [6.45, 7) is 5.49. The van der Waals surface area contributed by atoms with Crippen LogP contribution in [0.4, 0.5) is 0 Å². The normalized spacial score (nSPS) is 19.2. The Morgan fingerprint density at radius 3 is 2.93 bits per heavy atom. The molecule has 6 nitrogen and oxygen atoms in total. The van der Waals surface area contributed by atoms with Crippen LogP contribution in [0.25, 0.3) is 5.69 Å². The van der Waals surface area contributed by atoms with Gasteiger partial charge in [0.05, 0.1) is 11.7 Å². The van der Waals surface area contributed by atoms with Gasteiger partial charge in [-0.3, -0.25) is 4.99 Å². The van der Waals surface area contributed by atoms with Crippen molar-refractivity contribution in [3.63, 3.8) is 0 Å². The van der Waals surface area contributed by atoms with E-state index in [1.807, 2.05) is 24.0 Å². The summed E-state index contributed by atoms with van der Waals surface area (Å²) in [7, 11) is 4.03. The summed E-state index contributed by atoms with van der Waals surface area (Å²) >= 11 is 0. The summed E-state index contributed by atoms with van der Waals surface area (Å²) in [5.74, 6) is 1.54. The van der Waals surface area contributed by atoms with Gasteiger partial charge in [-0.05, 0) is 63.0 Å². The van der Waals surface area contributed by atoms with E-state index < -0.39 is 0 Å². The van der Waals surface area contributed by atoms with E-state index in [0.717, 1.165) is 24.7 Å². The van der Waals surface area contributed by atoms with Crippen molar-refractivity contribution in [3.05, 3.63) is 48.3 Å². The number of rotatable bonds is 5. The highest BCUT2D eigenvalue weighted by atomic mass is 127. The average molecular weight is 482 g/mol. The SMILES string of the molecule is CN=C(NCC1CCCN(C)C1)NC(C)c1cccc(-n2cccn2)c1.I. The van der Waals surface area contributed by atoms with E-state index in [-0.39, 0.29) is 30.0 Å². The highest BCUT2D eigenvalue weighted by Gasteiger charge is 2.17. The fourth-order valence-electron chi connectivity index (χ4n) is 3.52. The van der Waals surface area contributed by atoms with E-state index in [0.29, 0.717) is 5.92 Å². The zero-order chi connectivity index (χ0) is 18.4. The highest BCUT2D eigenvalue weighted by molar-refractivity contribution is 14.0. The number of aromatic nitrogens is 2. The van der Waals surface area contributed by atoms with E-state index >= 15 is 0 Å². The first-order valence-electron chi connectivity index (χ1n) is 9.41. The third-order valence-electron chi connectivity index (χ3n) is 5.00. The maximum absolute atomic E-state index is 4.39. The van der Waals surface area contributed by atoms with Crippen LogP contribution in [0.5, 0.6) is 0 Å². The molecule has 2 aromatic rings. The molecule has 0 spiro atoms. The second-order valence-corrected chi connectivity index (χ2v) is 7.14. The average Bonchev–Trinajstić information content (AvgIpc) is 3.20. The van der Waals surface area contributed by atoms with Crippen LogP contribution in [0, 0.1) is 5.92 Å². The van der Waals surface area contributed by atoms with Crippen molar-refractivity contribution >= 4 is 29.9 Å². The van der Waals surface area contributed by atoms with Gasteiger partial charge in [0.15, 0.2) is 5.96 Å². The molecule has 0 radical (unpaired) electrons. The van der Waals surface area contributed by atoms with Crippen molar-refractivity contribution < 1.29 is 0 Å². The Morgan fingerprint density at radius 1 is 1.37 bits per heavy atom. The molecule has 0 aliphatic carbocycles. The van der Waals surface area contributed by atoms with Gasteiger partial charge in [0.1, 0.15) is 0 Å². The second-order valence-electron chi connectivity index (χ2n) is 7.14. The number of benzene rings is 1. The van der Waals surface area contributed by atoms with Crippen molar-refractivity contribution in [2.24, 2.45) is 10.9 Å². The largest absolute Gasteiger partial charge is 0.356 e. The Balaban J connectivity index is 0.00000261. The van der Waals surface area contributed by atoms with Crippen LogP contribution in [0.15, 0.2) is 47.7 Å². The number of hydrogen-bond acceptors (Lipinski definition) is 3. The summed E-state index contributed by atoms with van der Waals surface area (Å²) in [6, 6.07) is 10.5. The Hall–Kier alpha value is -1.61. The van der Waals surface area contributed by atoms with Gasteiger partial charge in [-0.2, -0.15) is 5.10 Å². The van der Waals surface area contributed by atoms with Gasteiger partial charge in [0, 0.05) is 32.5 Å². The molecule has 1 saturated heterocycles. The Labute approximate surface area is 179 Å². The van der Waals surface area contributed by atoms with Crippen LogP contribution in [-0.2, 0) is 0 Å². The molecule has 1 aromatic carbocycles. The molecule has 2 heterocycles. The molecule has 2 N–H and O–H groups in total. The van der Waals surface area contributed by atoms with E-state index in [9.17, 15) is 0 Å². The predicted molar refractivity (Wildman–Crippen MR) is 122 cm³/mol. The van der Waals surface area contributed by atoms with Crippen LogP contribution < -0.4 is 10.6 Å². The Kier molecular flexibility index (Phi) is 8.56. The first-order chi connectivity index (χ1) is 12.7. The molecule has 1 aromatic heterocycles. The minimum atomic E-state index is 0. The third-order valence-corrected chi connectivity index (χ3v) is 5.00. The van der Waals surface area contributed by atoms with Crippen LogP contribution in [0.1, 0.15) is 31.4 Å². The minimum absolute atomic E-state index is 0. The van der Waals surface area contributed by atoms with Gasteiger partial charge < -0.3 is 15.5 Å². The molecular weight excluding hydrogens is 451 g/mol. The van der Waals surface area contributed by atoms with Gasteiger partial charge in [0.25, 0.3) is 0 Å². The van der Waals surface area contributed by atoms with Crippen molar-refractivity contribution in [3.8, 4) is 5.69 Å². The summed E-state index contributed by atoms with van der Waals surface area (Å²) in [6.07, 6.45) is 6.32. The molecule has 2 atom stereocenters. The number of guanidine groups is 1. The molecule has 0 amide bonds. The molecule has 148 valence electrons. The number of aliphatic imine (C=N–C) groups is 1. The van der Waals surface area contributed by atoms with E-state index in [4.69, 9.17) is 0 Å². The lowest BCUT2D eigenvalue weighted by Crippen LogP contribution is -2.44. The lowest BCUT2D eigenvalue weighted by molar-refractivity contribution is 0.210. The molecule has 27 heavy (non-hydrogen) atoms. The number of likely N-dealkylation sites (tertiary alicyclic amines) is 1. The monoisotopic (exact) mass is 482 g/mol. The standard InChI is InChI=1S/C20H30N6.HI/c1-16(18-8-4-9-19(13-18)26-12-6-10-23-26)24-20(21-2)22-14-17-7-5-11-25(3)15-17;/h4,6,8-10,12-13,16-17H,5,7,11,14-15H2,1-3H3,(H2,21,22,24);1H. The molecule has 1 aliphatic rings. The van der Waals surface area contributed by atoms with Gasteiger partial charge in [-0.25, -0.2) is 4.68 Å². The molecule has 0 saturated carbocycles. The van der Waals surface area contributed by atoms with Gasteiger partial charge in [-0.1, -0.05) is 12.1 Å². The third kappa shape index (κ3) is 6.21. The topological polar surface area (TPSA) is 57.5 Å². The van der Waals surface area contributed by atoms with Crippen molar-refractivity contribution in [1.29, 1.82) is 0 Å². The molecule has 1 fully saturated rings. The number of nitrogens with one attached hydrogen (secondary N) is 2. The van der Waals surface area contributed by atoms with E-state index in [1.54, 1.807) is 6.20 Å². The van der Waals surface area contributed by atoms with Gasteiger partial charge >= 0.3 is 0 Å². The lowest BCUT2D eigenvalue weighted by Gasteiger charge is -2.30. The molecule has 3 rings (SSSR count). The quantitative estimate of drug-likeness (QED) is 0.391. The number of hydrogen-bond donors (Lipinski definition) is 2. The van der Waals surface area contributed by atoms with Gasteiger partial charge in [0.2, 0.25) is 0 Å². The zero-order valence-electron chi connectivity index (χ0n) is 16.4. The van der Waals surface area contributed by atoms with Crippen molar-refractivity contribution in [2.75, 3.05) is 33.7 Å². The summed E-state index contributed by atoms with van der Waals surface area (Å²) in [5.41, 5.74) is 2.27. The van der Waals surface area contributed by atoms with Crippen LogP contribution in [0.2, 0.25) is 0 Å². The van der Waals surface area contributed by atoms with E-state index in [1.165, 1.54) is 24.9 Å². The smallest absolute Gasteiger partial charge is 0.191 e. The number of nitrogens with zero attached hydrogens (tertiary/aromatic N) is 4. The van der Waals surface area contributed by atoms with E-state index in [2.05, 4.69) is 63.9 Å². The second kappa shape index (κ2) is 10.7. The number of piperidine rings is 1. The zero-order valence-corrected chi connectivity index (χ0v) is 18.8. The van der Waals surface area contributed by atoms with Crippen LogP contribution in [-0.4, -0.2) is 54.4 Å². The molecular formula is C20H31IN6. The van der Waals surface area contributed by atoms with Crippen molar-refractivity contribution in [1.82, 2.24) is 25.3 Å². The summed E-state index contributed by atoms with van der Waals surface area (Å²) in [4.78, 5) is 6.80. The molecule has 2 unspecified atom stereocenters. The summed E-state index contributed by atoms with van der Waals surface area (Å²) in [5, 5.41) is 11.3. The Bertz CT molecular complexity index is 715. The predicted octanol–water partition coefficient (Wildman–Crippen LogP) is 3.06. The maximum atomic E-state index is 4.39. The van der Waals surface area contributed by atoms with Crippen LogP contribution >= 0.6 is 24.0 Å². The number of halogens is 1. The first-order valence-corrected chi connectivity index (χ1v) is 9.41. The Morgan fingerprint density at radius 2 is 2.22 bits per heavy atom.